The van der Waals surface area contributed by atoms with E-state index in [1.165, 1.54) is 11.8 Å². The Bertz CT molecular complexity index is 441. The first-order valence-electron chi connectivity index (χ1n) is 5.01. The first-order chi connectivity index (χ1) is 7.59. The van der Waals surface area contributed by atoms with E-state index in [-0.39, 0.29) is 10.9 Å². The fourth-order valence-electron chi connectivity index (χ4n) is 1.15. The van der Waals surface area contributed by atoms with E-state index in [9.17, 15) is 9.90 Å². The molecule has 0 aromatic heterocycles. The SMILES string of the molecule is CC(=O)SCCC#Cc1cc(O)ccc1C. The van der Waals surface area contributed by atoms with E-state index in [2.05, 4.69) is 11.8 Å². The molecule has 0 fully saturated rings. The van der Waals surface area contributed by atoms with Gasteiger partial charge >= 0.3 is 0 Å². The van der Waals surface area contributed by atoms with Gasteiger partial charge < -0.3 is 5.11 Å². The molecule has 3 heteroatoms. The molecule has 0 aliphatic rings. The molecule has 16 heavy (non-hydrogen) atoms. The third kappa shape index (κ3) is 4.41. The molecular formula is C13H14O2S. The van der Waals surface area contributed by atoms with Crippen molar-refractivity contribution in [3.05, 3.63) is 29.3 Å². The second-order valence-corrected chi connectivity index (χ2v) is 4.66. The van der Waals surface area contributed by atoms with Gasteiger partial charge in [-0.2, -0.15) is 0 Å². The van der Waals surface area contributed by atoms with Crippen LogP contribution in [0.25, 0.3) is 0 Å². The van der Waals surface area contributed by atoms with Crippen LogP contribution in [0, 0.1) is 18.8 Å². The van der Waals surface area contributed by atoms with Crippen LogP contribution in [-0.4, -0.2) is 16.0 Å². The van der Waals surface area contributed by atoms with Crippen LogP contribution in [-0.2, 0) is 4.79 Å². The Labute approximate surface area is 100 Å². The standard InChI is InChI=1S/C13H14O2S/c1-10-6-7-13(15)9-12(10)5-3-4-8-16-11(2)14/h6-7,9,15H,4,8H2,1-2H3. The summed E-state index contributed by atoms with van der Waals surface area (Å²) in [5.41, 5.74) is 1.89. The molecule has 84 valence electrons. The maximum atomic E-state index is 10.7. The molecule has 2 nitrogen and oxygen atoms in total. The molecule has 1 N–H and O–H groups in total. The normalized spacial score (nSPS) is 9.38. The van der Waals surface area contributed by atoms with Crippen LogP contribution < -0.4 is 0 Å². The summed E-state index contributed by atoms with van der Waals surface area (Å²) in [6.45, 7) is 3.51. The molecule has 1 aromatic carbocycles. The van der Waals surface area contributed by atoms with Crippen molar-refractivity contribution >= 4 is 16.9 Å². The Kier molecular flexibility index (Phi) is 4.94. The molecular weight excluding hydrogens is 220 g/mol. The zero-order valence-electron chi connectivity index (χ0n) is 9.41. The van der Waals surface area contributed by atoms with Crippen LogP contribution in [0.1, 0.15) is 24.5 Å². The number of carbonyl (C=O) groups is 1. The number of hydrogen-bond donors (Lipinski definition) is 1. The van der Waals surface area contributed by atoms with Crippen molar-refractivity contribution in [1.82, 2.24) is 0 Å². The van der Waals surface area contributed by atoms with Gasteiger partial charge in [-0.3, -0.25) is 4.79 Å². The van der Waals surface area contributed by atoms with Crippen LogP contribution in [0.2, 0.25) is 0 Å². The first-order valence-corrected chi connectivity index (χ1v) is 6.00. The van der Waals surface area contributed by atoms with E-state index in [0.29, 0.717) is 6.42 Å². The lowest BCUT2D eigenvalue weighted by molar-refractivity contribution is -0.109. The minimum atomic E-state index is 0.121. The zero-order valence-corrected chi connectivity index (χ0v) is 10.2. The minimum Gasteiger partial charge on any atom is -0.508 e. The third-order valence-corrected chi connectivity index (χ3v) is 2.79. The number of aromatic hydroxyl groups is 1. The van der Waals surface area contributed by atoms with Crippen molar-refractivity contribution in [2.45, 2.75) is 20.3 Å². The molecule has 1 rings (SSSR count). The topological polar surface area (TPSA) is 37.3 Å². The highest BCUT2D eigenvalue weighted by Crippen LogP contribution is 2.14. The van der Waals surface area contributed by atoms with E-state index in [4.69, 9.17) is 0 Å². The molecule has 0 atom stereocenters. The lowest BCUT2D eigenvalue weighted by Crippen LogP contribution is -1.85. The van der Waals surface area contributed by atoms with Gasteiger partial charge in [0.15, 0.2) is 5.12 Å². The van der Waals surface area contributed by atoms with Gasteiger partial charge in [-0.1, -0.05) is 29.7 Å². The maximum Gasteiger partial charge on any atom is 0.185 e. The summed E-state index contributed by atoms with van der Waals surface area (Å²) in [7, 11) is 0. The second-order valence-electron chi connectivity index (χ2n) is 3.39. The van der Waals surface area contributed by atoms with Gasteiger partial charge in [-0.25, -0.2) is 0 Å². The van der Waals surface area contributed by atoms with Crippen LogP contribution in [0.3, 0.4) is 0 Å². The van der Waals surface area contributed by atoms with Crippen LogP contribution in [0.15, 0.2) is 18.2 Å². The Morgan fingerprint density at radius 3 is 2.94 bits per heavy atom. The summed E-state index contributed by atoms with van der Waals surface area (Å²) < 4.78 is 0. The lowest BCUT2D eigenvalue weighted by Gasteiger charge is -1.98. The summed E-state index contributed by atoms with van der Waals surface area (Å²) in [6, 6.07) is 5.14. The molecule has 0 radical (unpaired) electrons. The smallest absolute Gasteiger partial charge is 0.185 e. The second kappa shape index (κ2) is 6.24. The summed E-state index contributed by atoms with van der Waals surface area (Å²) in [4.78, 5) is 10.7. The fraction of sp³-hybridized carbons (Fsp3) is 0.308. The zero-order chi connectivity index (χ0) is 12.0. The van der Waals surface area contributed by atoms with Gasteiger partial charge in [0.05, 0.1) is 0 Å². The number of carbonyl (C=O) groups excluding carboxylic acids is 1. The minimum absolute atomic E-state index is 0.121. The molecule has 0 bridgehead atoms. The van der Waals surface area contributed by atoms with Crippen molar-refractivity contribution < 1.29 is 9.90 Å². The average Bonchev–Trinajstić information content (AvgIpc) is 2.22. The van der Waals surface area contributed by atoms with E-state index < -0.39 is 0 Å². The van der Waals surface area contributed by atoms with Crippen molar-refractivity contribution in [3.8, 4) is 17.6 Å². The van der Waals surface area contributed by atoms with Gasteiger partial charge in [0.25, 0.3) is 0 Å². The number of thioether (sulfide) groups is 1. The third-order valence-electron chi connectivity index (χ3n) is 1.98. The summed E-state index contributed by atoms with van der Waals surface area (Å²) >= 11 is 1.28. The molecule has 0 saturated heterocycles. The Morgan fingerprint density at radius 2 is 2.25 bits per heavy atom. The molecule has 0 amide bonds. The number of phenols is 1. The van der Waals surface area contributed by atoms with E-state index >= 15 is 0 Å². The first kappa shape index (κ1) is 12.7. The van der Waals surface area contributed by atoms with Gasteiger partial charge in [-0.15, -0.1) is 0 Å². The van der Waals surface area contributed by atoms with Crippen LogP contribution >= 0.6 is 11.8 Å². The van der Waals surface area contributed by atoms with E-state index in [1.54, 1.807) is 19.1 Å². The van der Waals surface area contributed by atoms with Crippen molar-refractivity contribution in [2.75, 3.05) is 5.75 Å². The predicted molar refractivity (Wildman–Crippen MR) is 67.5 cm³/mol. The molecule has 0 spiro atoms. The van der Waals surface area contributed by atoms with Gasteiger partial charge in [0, 0.05) is 24.7 Å². The molecule has 0 aliphatic heterocycles. The highest BCUT2D eigenvalue weighted by Gasteiger charge is 1.95. The average molecular weight is 234 g/mol. The quantitative estimate of drug-likeness (QED) is 0.631. The number of hydrogen-bond acceptors (Lipinski definition) is 3. The number of phenolic OH excluding ortho intramolecular Hbond substituents is 1. The fourth-order valence-corrected chi connectivity index (χ4v) is 1.64. The van der Waals surface area contributed by atoms with Crippen LogP contribution in [0.4, 0.5) is 0 Å². The monoisotopic (exact) mass is 234 g/mol. The largest absolute Gasteiger partial charge is 0.508 e. The summed E-state index contributed by atoms with van der Waals surface area (Å²) in [6.07, 6.45) is 0.680. The molecule has 0 unspecified atom stereocenters. The Hall–Kier alpha value is -1.40. The summed E-state index contributed by atoms with van der Waals surface area (Å²) in [5.74, 6) is 6.94. The number of aryl methyl sites for hydroxylation is 1. The van der Waals surface area contributed by atoms with E-state index in [0.717, 1.165) is 16.9 Å². The van der Waals surface area contributed by atoms with E-state index in [1.807, 2.05) is 13.0 Å². The lowest BCUT2D eigenvalue weighted by atomic mass is 10.1. The van der Waals surface area contributed by atoms with Crippen molar-refractivity contribution in [1.29, 1.82) is 0 Å². The molecule has 0 saturated carbocycles. The number of rotatable bonds is 2. The number of benzene rings is 1. The Balaban J connectivity index is 2.56. The van der Waals surface area contributed by atoms with Gasteiger partial charge in [-0.05, 0) is 24.6 Å². The van der Waals surface area contributed by atoms with Crippen molar-refractivity contribution in [3.63, 3.8) is 0 Å². The Morgan fingerprint density at radius 1 is 1.50 bits per heavy atom. The molecule has 0 heterocycles. The van der Waals surface area contributed by atoms with Gasteiger partial charge in [0.2, 0.25) is 0 Å². The van der Waals surface area contributed by atoms with Gasteiger partial charge in [0.1, 0.15) is 5.75 Å². The highest BCUT2D eigenvalue weighted by molar-refractivity contribution is 8.13. The summed E-state index contributed by atoms with van der Waals surface area (Å²) in [5, 5.41) is 9.42. The molecule has 1 aromatic rings. The van der Waals surface area contributed by atoms with Crippen molar-refractivity contribution in [2.24, 2.45) is 0 Å². The molecule has 0 aliphatic carbocycles. The van der Waals surface area contributed by atoms with Crippen LogP contribution in [0.5, 0.6) is 5.75 Å². The predicted octanol–water partition coefficient (Wildman–Crippen LogP) is 2.72. The highest BCUT2D eigenvalue weighted by atomic mass is 32.2. The maximum absolute atomic E-state index is 10.7.